The third-order valence-electron chi connectivity index (χ3n) is 5.07. The molecule has 0 saturated heterocycles. The van der Waals surface area contributed by atoms with Gasteiger partial charge >= 0.3 is 0 Å². The molecule has 0 unspecified atom stereocenters. The number of benzene rings is 2. The average Bonchev–Trinajstić information content (AvgIpc) is 3.09. The van der Waals surface area contributed by atoms with Crippen molar-refractivity contribution in [3.8, 4) is 11.5 Å². The molecule has 27 heavy (non-hydrogen) atoms. The Morgan fingerprint density at radius 3 is 2.78 bits per heavy atom. The summed E-state index contributed by atoms with van der Waals surface area (Å²) in [5, 5.41) is 7.55. The summed E-state index contributed by atoms with van der Waals surface area (Å²) in [4.78, 5) is 16.1. The summed E-state index contributed by atoms with van der Waals surface area (Å²) in [7, 11) is 3.21. The number of carbonyl (C=O) groups is 1. The van der Waals surface area contributed by atoms with Crippen LogP contribution in [0.5, 0.6) is 11.5 Å². The lowest BCUT2D eigenvalue weighted by Crippen LogP contribution is -2.47. The number of fused-ring (bicyclic) bond motifs is 3. The number of methoxy groups -OCH3 is 2. The van der Waals surface area contributed by atoms with Gasteiger partial charge in [-0.3, -0.25) is 10.1 Å². The fraction of sp³-hybridized carbons (Fsp3) is 0.286. The second-order valence-electron chi connectivity index (χ2n) is 6.67. The van der Waals surface area contributed by atoms with Crippen LogP contribution in [0, 0.1) is 0 Å². The van der Waals surface area contributed by atoms with Gasteiger partial charge in [-0.2, -0.15) is 0 Å². The minimum Gasteiger partial charge on any atom is -0.493 e. The molecule has 0 fully saturated rings. The van der Waals surface area contributed by atoms with Crippen LogP contribution in [0.15, 0.2) is 42.5 Å². The van der Waals surface area contributed by atoms with Crippen molar-refractivity contribution in [3.63, 3.8) is 0 Å². The van der Waals surface area contributed by atoms with Crippen LogP contribution in [0.2, 0.25) is 0 Å². The van der Waals surface area contributed by atoms with Gasteiger partial charge < -0.3 is 19.8 Å². The van der Waals surface area contributed by atoms with Crippen LogP contribution in [0.1, 0.15) is 16.8 Å². The van der Waals surface area contributed by atoms with E-state index in [0.717, 1.165) is 11.1 Å². The van der Waals surface area contributed by atoms with E-state index < -0.39 is 0 Å². The van der Waals surface area contributed by atoms with Crippen LogP contribution < -0.4 is 20.1 Å². The van der Waals surface area contributed by atoms with E-state index in [-0.39, 0.29) is 11.9 Å². The molecule has 3 aromatic rings. The number of hydrogen-bond donors (Lipinski definition) is 3. The number of carbonyl (C=O) groups excluding carboxylic acids is 1. The van der Waals surface area contributed by atoms with Crippen molar-refractivity contribution in [1.82, 2.24) is 15.6 Å². The molecule has 1 aromatic heterocycles. The van der Waals surface area contributed by atoms with E-state index in [1.54, 1.807) is 14.2 Å². The molecule has 0 radical (unpaired) electrons. The highest BCUT2D eigenvalue weighted by Crippen LogP contribution is 2.28. The molecule has 1 atom stereocenters. The Bertz CT molecular complexity index is 980. The van der Waals surface area contributed by atoms with Crippen molar-refractivity contribution in [3.05, 3.63) is 59.3 Å². The maximum absolute atomic E-state index is 12.7. The van der Waals surface area contributed by atoms with Gasteiger partial charge in [0.25, 0.3) is 0 Å². The molecule has 2 heterocycles. The monoisotopic (exact) mass is 365 g/mol. The van der Waals surface area contributed by atoms with Crippen molar-refractivity contribution in [2.45, 2.75) is 25.6 Å². The molecule has 1 amide bonds. The van der Waals surface area contributed by atoms with Crippen LogP contribution in [0.3, 0.4) is 0 Å². The van der Waals surface area contributed by atoms with E-state index >= 15 is 0 Å². The van der Waals surface area contributed by atoms with Gasteiger partial charge in [-0.15, -0.1) is 0 Å². The number of H-pyrrole nitrogens is 1. The Balaban J connectivity index is 1.44. The Morgan fingerprint density at radius 2 is 1.96 bits per heavy atom. The van der Waals surface area contributed by atoms with Gasteiger partial charge in [-0.1, -0.05) is 24.3 Å². The molecule has 0 saturated carbocycles. The van der Waals surface area contributed by atoms with E-state index in [1.165, 1.54) is 16.6 Å². The van der Waals surface area contributed by atoms with E-state index in [1.807, 2.05) is 30.3 Å². The summed E-state index contributed by atoms with van der Waals surface area (Å²) in [6, 6.07) is 13.6. The number of ether oxygens (including phenoxy) is 2. The minimum absolute atomic E-state index is 0.000663. The van der Waals surface area contributed by atoms with Crippen molar-refractivity contribution >= 4 is 16.8 Å². The highest BCUT2D eigenvalue weighted by Gasteiger charge is 2.26. The number of para-hydroxylation sites is 1. The van der Waals surface area contributed by atoms with E-state index in [9.17, 15) is 4.79 Å². The first-order chi connectivity index (χ1) is 13.2. The second-order valence-corrected chi connectivity index (χ2v) is 6.67. The Kier molecular flexibility index (Phi) is 4.73. The standard InChI is InChI=1S/C21H23N3O3/c1-26-19-8-7-13(9-20(19)27-2)11-23-21(25)17-10-15-14-5-3-4-6-16(14)24-18(15)12-22-17/h3-9,17,22,24H,10-12H2,1-2H3,(H,23,25)/t17-/m0/s1. The molecule has 1 aliphatic rings. The van der Waals surface area contributed by atoms with Crippen molar-refractivity contribution in [1.29, 1.82) is 0 Å². The van der Waals surface area contributed by atoms with Gasteiger partial charge in [0.1, 0.15) is 0 Å². The molecule has 140 valence electrons. The predicted octanol–water partition coefficient (Wildman–Crippen LogP) is 2.52. The fourth-order valence-electron chi connectivity index (χ4n) is 3.63. The van der Waals surface area contributed by atoms with Crippen molar-refractivity contribution in [2.24, 2.45) is 0 Å². The number of hydrogen-bond acceptors (Lipinski definition) is 4. The molecular weight excluding hydrogens is 342 g/mol. The lowest BCUT2D eigenvalue weighted by Gasteiger charge is -2.23. The third-order valence-corrected chi connectivity index (χ3v) is 5.07. The lowest BCUT2D eigenvalue weighted by atomic mass is 9.98. The first kappa shape index (κ1) is 17.4. The first-order valence-electron chi connectivity index (χ1n) is 9.00. The Labute approximate surface area is 157 Å². The molecule has 4 rings (SSSR count). The smallest absolute Gasteiger partial charge is 0.237 e. The predicted molar refractivity (Wildman–Crippen MR) is 104 cm³/mol. The molecule has 2 aromatic carbocycles. The number of aromatic nitrogens is 1. The largest absolute Gasteiger partial charge is 0.493 e. The van der Waals surface area contributed by atoms with Gasteiger partial charge in [0.05, 0.1) is 20.3 Å². The maximum atomic E-state index is 12.7. The lowest BCUT2D eigenvalue weighted by molar-refractivity contribution is -0.123. The molecular formula is C21H23N3O3. The van der Waals surface area contributed by atoms with Crippen LogP contribution in [-0.4, -0.2) is 31.2 Å². The molecule has 6 heteroatoms. The molecule has 0 bridgehead atoms. The highest BCUT2D eigenvalue weighted by atomic mass is 16.5. The molecule has 3 N–H and O–H groups in total. The van der Waals surface area contributed by atoms with Crippen LogP contribution in [0.25, 0.3) is 10.9 Å². The Morgan fingerprint density at radius 1 is 1.15 bits per heavy atom. The molecule has 0 spiro atoms. The minimum atomic E-state index is -0.239. The Hall–Kier alpha value is -2.99. The molecule has 6 nitrogen and oxygen atoms in total. The molecule has 0 aliphatic carbocycles. The van der Waals surface area contributed by atoms with Crippen LogP contribution in [-0.2, 0) is 24.3 Å². The zero-order valence-electron chi connectivity index (χ0n) is 15.5. The van der Waals surface area contributed by atoms with Crippen molar-refractivity contribution in [2.75, 3.05) is 14.2 Å². The summed E-state index contributed by atoms with van der Waals surface area (Å²) in [5.41, 5.74) is 4.48. The summed E-state index contributed by atoms with van der Waals surface area (Å²) in [6.45, 7) is 1.11. The van der Waals surface area contributed by atoms with Crippen LogP contribution >= 0.6 is 0 Å². The quantitative estimate of drug-likeness (QED) is 0.649. The van der Waals surface area contributed by atoms with Crippen LogP contribution in [0.4, 0.5) is 0 Å². The number of aromatic amines is 1. The second kappa shape index (κ2) is 7.32. The maximum Gasteiger partial charge on any atom is 0.237 e. The summed E-state index contributed by atoms with van der Waals surface area (Å²) in [5.74, 6) is 1.33. The fourth-order valence-corrected chi connectivity index (χ4v) is 3.63. The number of amides is 1. The van der Waals surface area contributed by atoms with E-state index in [0.29, 0.717) is 31.0 Å². The zero-order valence-corrected chi connectivity index (χ0v) is 15.5. The van der Waals surface area contributed by atoms with E-state index in [2.05, 4.69) is 27.8 Å². The average molecular weight is 365 g/mol. The number of nitrogens with one attached hydrogen (secondary N) is 3. The highest BCUT2D eigenvalue weighted by molar-refractivity contribution is 5.88. The normalized spacial score (nSPS) is 16.0. The summed E-state index contributed by atoms with van der Waals surface area (Å²) in [6.07, 6.45) is 0.678. The van der Waals surface area contributed by atoms with E-state index in [4.69, 9.17) is 9.47 Å². The van der Waals surface area contributed by atoms with Gasteiger partial charge in [0.15, 0.2) is 11.5 Å². The first-order valence-corrected chi connectivity index (χ1v) is 9.00. The summed E-state index contributed by atoms with van der Waals surface area (Å²) >= 11 is 0. The van der Waals surface area contributed by atoms with Gasteiger partial charge in [-0.05, 0) is 35.7 Å². The van der Waals surface area contributed by atoms with Gasteiger partial charge in [-0.25, -0.2) is 0 Å². The molecule has 1 aliphatic heterocycles. The number of rotatable bonds is 5. The SMILES string of the molecule is COc1ccc(CNC(=O)[C@@H]2Cc3c([nH]c4ccccc34)CN2)cc1OC. The topological polar surface area (TPSA) is 75.4 Å². The van der Waals surface area contributed by atoms with Gasteiger partial charge in [0.2, 0.25) is 5.91 Å². The summed E-state index contributed by atoms with van der Waals surface area (Å²) < 4.78 is 10.6. The zero-order chi connectivity index (χ0) is 18.8. The van der Waals surface area contributed by atoms with Crippen molar-refractivity contribution < 1.29 is 14.3 Å². The van der Waals surface area contributed by atoms with Gasteiger partial charge in [0, 0.05) is 29.7 Å². The third kappa shape index (κ3) is 3.36.